The number of aromatic nitrogens is 2. The van der Waals surface area contributed by atoms with E-state index in [9.17, 15) is 0 Å². The van der Waals surface area contributed by atoms with E-state index < -0.39 is 0 Å². The van der Waals surface area contributed by atoms with Gasteiger partial charge in [0.15, 0.2) is 5.17 Å². The molecule has 0 spiro atoms. The van der Waals surface area contributed by atoms with Crippen molar-refractivity contribution in [2.75, 3.05) is 5.75 Å². The normalized spacial score (nSPS) is 11.9. The van der Waals surface area contributed by atoms with Gasteiger partial charge in [-0.3, -0.25) is 4.68 Å². The summed E-state index contributed by atoms with van der Waals surface area (Å²) >= 11 is 1.44. The first-order valence-corrected chi connectivity index (χ1v) is 4.85. The van der Waals surface area contributed by atoms with Crippen molar-refractivity contribution in [3.8, 4) is 0 Å². The van der Waals surface area contributed by atoms with Gasteiger partial charge in [-0.25, -0.2) is 0 Å². The van der Waals surface area contributed by atoms with Gasteiger partial charge in [0.2, 0.25) is 0 Å². The summed E-state index contributed by atoms with van der Waals surface area (Å²) in [5.74, 6) is 5.85. The Morgan fingerprint density at radius 3 is 3.08 bits per heavy atom. The van der Waals surface area contributed by atoms with E-state index >= 15 is 0 Å². The first-order chi connectivity index (χ1) is 6.24. The van der Waals surface area contributed by atoms with Crippen LogP contribution in [0.4, 0.5) is 0 Å². The largest absolute Gasteiger partial charge is 0.377 e. The van der Waals surface area contributed by atoms with E-state index in [0.717, 1.165) is 12.2 Å². The Balaban J connectivity index is 2.32. The number of hydrogen-bond acceptors (Lipinski definition) is 4. The molecular formula is C7H13N5S. The summed E-state index contributed by atoms with van der Waals surface area (Å²) in [4.78, 5) is 0. The molecule has 0 amide bonds. The molecule has 0 aliphatic carbocycles. The van der Waals surface area contributed by atoms with Crippen LogP contribution in [0.5, 0.6) is 0 Å². The van der Waals surface area contributed by atoms with E-state index in [1.54, 1.807) is 6.20 Å². The Morgan fingerprint density at radius 2 is 2.54 bits per heavy atom. The molecular weight excluding hydrogens is 186 g/mol. The molecule has 72 valence electrons. The van der Waals surface area contributed by atoms with Crippen LogP contribution in [0.15, 0.2) is 17.4 Å². The van der Waals surface area contributed by atoms with Gasteiger partial charge in [-0.15, -0.1) is 0 Å². The van der Waals surface area contributed by atoms with Crippen LogP contribution in [0.2, 0.25) is 0 Å². The molecule has 0 bridgehead atoms. The zero-order valence-corrected chi connectivity index (χ0v) is 8.29. The minimum Gasteiger partial charge on any atom is -0.377 e. The van der Waals surface area contributed by atoms with Crippen LogP contribution >= 0.6 is 11.8 Å². The van der Waals surface area contributed by atoms with E-state index in [-0.39, 0.29) is 0 Å². The predicted molar refractivity (Wildman–Crippen MR) is 55.2 cm³/mol. The number of hydrogen-bond donors (Lipinski definition) is 2. The number of rotatable bonds is 3. The Morgan fingerprint density at radius 1 is 1.77 bits per heavy atom. The van der Waals surface area contributed by atoms with Crippen LogP contribution < -0.4 is 11.6 Å². The highest BCUT2D eigenvalue weighted by Gasteiger charge is 1.99. The molecule has 0 saturated heterocycles. The highest BCUT2D eigenvalue weighted by Crippen LogP contribution is 2.05. The van der Waals surface area contributed by atoms with Crippen molar-refractivity contribution in [2.45, 2.75) is 6.42 Å². The summed E-state index contributed by atoms with van der Waals surface area (Å²) < 4.78 is 1.84. The van der Waals surface area contributed by atoms with Crippen molar-refractivity contribution in [3.63, 3.8) is 0 Å². The second-order valence-electron chi connectivity index (χ2n) is 2.51. The summed E-state index contributed by atoms with van der Waals surface area (Å²) in [6.07, 6.45) is 2.69. The predicted octanol–water partition coefficient (Wildman–Crippen LogP) is -0.116. The number of aryl methyl sites for hydroxylation is 2. The van der Waals surface area contributed by atoms with Crippen LogP contribution in [0.3, 0.4) is 0 Å². The van der Waals surface area contributed by atoms with Gasteiger partial charge in [0.25, 0.3) is 0 Å². The van der Waals surface area contributed by atoms with Crippen molar-refractivity contribution in [3.05, 3.63) is 18.0 Å². The molecule has 1 heterocycles. The molecule has 1 aromatic rings. The summed E-state index contributed by atoms with van der Waals surface area (Å²) in [6, 6.07) is 1.98. The minimum atomic E-state index is 0.419. The van der Waals surface area contributed by atoms with Crippen molar-refractivity contribution in [2.24, 2.45) is 23.7 Å². The fourth-order valence-electron chi connectivity index (χ4n) is 0.944. The van der Waals surface area contributed by atoms with Crippen molar-refractivity contribution < 1.29 is 0 Å². The summed E-state index contributed by atoms with van der Waals surface area (Å²) in [5, 5.41) is 7.84. The number of nitrogens with zero attached hydrogens (tertiary/aromatic N) is 3. The van der Waals surface area contributed by atoms with Gasteiger partial charge in [0, 0.05) is 24.7 Å². The van der Waals surface area contributed by atoms with Gasteiger partial charge in [0.1, 0.15) is 0 Å². The first-order valence-electron chi connectivity index (χ1n) is 3.87. The quantitative estimate of drug-likeness (QED) is 0.308. The monoisotopic (exact) mass is 199 g/mol. The van der Waals surface area contributed by atoms with Gasteiger partial charge >= 0.3 is 0 Å². The van der Waals surface area contributed by atoms with Crippen LogP contribution in [0, 0.1) is 0 Å². The maximum Gasteiger partial charge on any atom is 0.177 e. The van der Waals surface area contributed by atoms with E-state index in [1.807, 2.05) is 17.8 Å². The SMILES string of the molecule is Cn1nccc1CCS/C(N)=N/N. The molecule has 1 rings (SSSR count). The van der Waals surface area contributed by atoms with E-state index in [2.05, 4.69) is 10.2 Å². The summed E-state index contributed by atoms with van der Waals surface area (Å²) in [5.41, 5.74) is 6.59. The molecule has 0 aromatic carbocycles. The molecule has 0 unspecified atom stereocenters. The molecule has 5 nitrogen and oxygen atoms in total. The number of amidine groups is 1. The molecule has 13 heavy (non-hydrogen) atoms. The maximum absolute atomic E-state index is 5.42. The van der Waals surface area contributed by atoms with Crippen LogP contribution in [0.1, 0.15) is 5.69 Å². The highest BCUT2D eigenvalue weighted by molar-refractivity contribution is 8.13. The molecule has 0 fully saturated rings. The highest BCUT2D eigenvalue weighted by atomic mass is 32.2. The fraction of sp³-hybridized carbons (Fsp3) is 0.429. The van der Waals surface area contributed by atoms with E-state index in [4.69, 9.17) is 11.6 Å². The number of thioether (sulfide) groups is 1. The van der Waals surface area contributed by atoms with Crippen LogP contribution in [-0.4, -0.2) is 20.7 Å². The van der Waals surface area contributed by atoms with Crippen LogP contribution in [-0.2, 0) is 13.5 Å². The zero-order valence-electron chi connectivity index (χ0n) is 7.47. The van der Waals surface area contributed by atoms with Gasteiger partial charge in [-0.2, -0.15) is 10.2 Å². The molecule has 0 atom stereocenters. The molecule has 4 N–H and O–H groups in total. The first kappa shape index (κ1) is 9.91. The van der Waals surface area contributed by atoms with Crippen LogP contribution in [0.25, 0.3) is 0 Å². The molecule has 0 saturated carbocycles. The maximum atomic E-state index is 5.42. The van der Waals surface area contributed by atoms with Gasteiger partial charge in [-0.05, 0) is 12.5 Å². The minimum absolute atomic E-state index is 0.419. The van der Waals surface area contributed by atoms with Gasteiger partial charge in [-0.1, -0.05) is 11.8 Å². The average Bonchev–Trinajstić information content (AvgIpc) is 2.52. The lowest BCUT2D eigenvalue weighted by molar-refractivity contribution is 0.720. The van der Waals surface area contributed by atoms with E-state index in [1.165, 1.54) is 17.5 Å². The third-order valence-electron chi connectivity index (χ3n) is 1.66. The number of nitrogens with two attached hydrogens (primary N) is 2. The topological polar surface area (TPSA) is 82.2 Å². The second kappa shape index (κ2) is 4.76. The lowest BCUT2D eigenvalue weighted by Gasteiger charge is -2.00. The van der Waals surface area contributed by atoms with Crippen molar-refractivity contribution in [1.29, 1.82) is 0 Å². The third kappa shape index (κ3) is 2.98. The lowest BCUT2D eigenvalue weighted by Crippen LogP contribution is -2.11. The Labute approximate surface area is 81.2 Å². The molecule has 0 radical (unpaired) electrons. The lowest BCUT2D eigenvalue weighted by atomic mass is 10.3. The third-order valence-corrected chi connectivity index (χ3v) is 2.47. The van der Waals surface area contributed by atoms with E-state index in [0.29, 0.717) is 5.17 Å². The Kier molecular flexibility index (Phi) is 3.63. The fourth-order valence-corrected chi connectivity index (χ4v) is 1.54. The Bertz CT molecular complexity index is 293. The standard InChI is InChI=1S/C7H13N5S/c1-12-6(2-4-10-12)3-5-13-7(8)11-9/h2,4H,3,5,9H2,1H3,(H2,8,11). The van der Waals surface area contributed by atoms with Gasteiger partial charge < -0.3 is 11.6 Å². The molecule has 0 aliphatic heterocycles. The average molecular weight is 199 g/mol. The van der Waals surface area contributed by atoms with Crippen molar-refractivity contribution >= 4 is 16.9 Å². The summed E-state index contributed by atoms with van der Waals surface area (Å²) in [7, 11) is 1.92. The summed E-state index contributed by atoms with van der Waals surface area (Å²) in [6.45, 7) is 0. The van der Waals surface area contributed by atoms with Gasteiger partial charge in [0.05, 0.1) is 0 Å². The second-order valence-corrected chi connectivity index (χ2v) is 3.63. The zero-order chi connectivity index (χ0) is 9.68. The Hall–Kier alpha value is -1.17. The number of hydrazone groups is 1. The molecule has 6 heteroatoms. The van der Waals surface area contributed by atoms with Crippen molar-refractivity contribution in [1.82, 2.24) is 9.78 Å². The molecule has 0 aliphatic rings. The smallest absolute Gasteiger partial charge is 0.177 e. The molecule has 1 aromatic heterocycles.